The maximum Gasteiger partial charge on any atom is 0.325 e. The fraction of sp³-hybridized carbons (Fsp3) is 0.438. The Balaban J connectivity index is 1.59. The number of esters is 1. The van der Waals surface area contributed by atoms with E-state index < -0.39 is 5.97 Å². The van der Waals surface area contributed by atoms with Crippen LogP contribution < -0.4 is 10.6 Å². The predicted octanol–water partition coefficient (Wildman–Crippen LogP) is 0.255. The topological polar surface area (TPSA) is 93.7 Å². The Hall–Kier alpha value is -2.41. The van der Waals surface area contributed by atoms with E-state index in [0.29, 0.717) is 12.1 Å². The van der Waals surface area contributed by atoms with Crippen LogP contribution in [-0.2, 0) is 19.1 Å². The van der Waals surface area contributed by atoms with E-state index in [2.05, 4.69) is 10.6 Å². The lowest BCUT2D eigenvalue weighted by molar-refractivity contribution is -0.147. The molecule has 0 aliphatic carbocycles. The van der Waals surface area contributed by atoms with Crippen LogP contribution in [0.1, 0.15) is 23.2 Å². The number of rotatable bonds is 7. The van der Waals surface area contributed by atoms with Crippen molar-refractivity contribution in [1.82, 2.24) is 10.6 Å². The first-order valence-electron chi connectivity index (χ1n) is 7.52. The van der Waals surface area contributed by atoms with Gasteiger partial charge in [0, 0.05) is 18.7 Å². The lowest BCUT2D eigenvalue weighted by Gasteiger charge is -2.11. The SMILES string of the molecule is O=C(COC(=O)CNC(=O)c1ccccc1)NC[C@H]1CCCO1. The molecule has 2 N–H and O–H groups in total. The summed E-state index contributed by atoms with van der Waals surface area (Å²) in [5.74, 6) is -1.42. The highest BCUT2D eigenvalue weighted by Crippen LogP contribution is 2.10. The largest absolute Gasteiger partial charge is 0.454 e. The summed E-state index contributed by atoms with van der Waals surface area (Å²) in [6.45, 7) is 0.483. The summed E-state index contributed by atoms with van der Waals surface area (Å²) >= 11 is 0. The van der Waals surface area contributed by atoms with Gasteiger partial charge in [-0.25, -0.2) is 0 Å². The quantitative estimate of drug-likeness (QED) is 0.703. The fourth-order valence-electron chi connectivity index (χ4n) is 2.13. The van der Waals surface area contributed by atoms with Crippen LogP contribution in [0.2, 0.25) is 0 Å². The number of amides is 2. The third-order valence-electron chi connectivity index (χ3n) is 3.34. The molecule has 0 radical (unpaired) electrons. The van der Waals surface area contributed by atoms with E-state index in [4.69, 9.17) is 9.47 Å². The Morgan fingerprint density at radius 2 is 1.96 bits per heavy atom. The number of benzene rings is 1. The first kappa shape index (κ1) is 17.0. The molecule has 124 valence electrons. The van der Waals surface area contributed by atoms with E-state index in [0.717, 1.165) is 19.4 Å². The van der Waals surface area contributed by atoms with E-state index in [1.807, 2.05) is 0 Å². The fourth-order valence-corrected chi connectivity index (χ4v) is 2.13. The van der Waals surface area contributed by atoms with Crippen molar-refractivity contribution in [2.45, 2.75) is 18.9 Å². The molecule has 1 aromatic rings. The van der Waals surface area contributed by atoms with Gasteiger partial charge in [-0.05, 0) is 25.0 Å². The molecule has 0 unspecified atom stereocenters. The number of carbonyl (C=O) groups is 3. The summed E-state index contributed by atoms with van der Waals surface area (Å²) in [7, 11) is 0. The van der Waals surface area contributed by atoms with Crippen molar-refractivity contribution < 1.29 is 23.9 Å². The third kappa shape index (κ3) is 6.07. The number of ether oxygens (including phenoxy) is 2. The molecule has 0 aromatic heterocycles. The average Bonchev–Trinajstić information content (AvgIpc) is 3.10. The molecule has 0 bridgehead atoms. The van der Waals surface area contributed by atoms with Gasteiger partial charge in [-0.15, -0.1) is 0 Å². The highest BCUT2D eigenvalue weighted by atomic mass is 16.5. The minimum atomic E-state index is -0.665. The zero-order chi connectivity index (χ0) is 16.5. The summed E-state index contributed by atoms with van der Waals surface area (Å²) in [5, 5.41) is 5.08. The van der Waals surface area contributed by atoms with Crippen LogP contribution in [0.3, 0.4) is 0 Å². The summed E-state index contributed by atoms with van der Waals surface area (Å²) < 4.78 is 10.2. The van der Waals surface area contributed by atoms with E-state index >= 15 is 0 Å². The zero-order valence-electron chi connectivity index (χ0n) is 12.7. The van der Waals surface area contributed by atoms with Crippen LogP contribution in [0, 0.1) is 0 Å². The lowest BCUT2D eigenvalue weighted by Crippen LogP contribution is -2.36. The normalized spacial score (nSPS) is 16.6. The summed E-state index contributed by atoms with van der Waals surface area (Å²) in [6, 6.07) is 8.52. The average molecular weight is 320 g/mol. The van der Waals surface area contributed by atoms with Gasteiger partial charge in [-0.2, -0.15) is 0 Å². The number of carbonyl (C=O) groups excluding carboxylic acids is 3. The molecule has 1 saturated heterocycles. The molecule has 1 atom stereocenters. The van der Waals surface area contributed by atoms with Crippen molar-refractivity contribution >= 4 is 17.8 Å². The van der Waals surface area contributed by atoms with Crippen molar-refractivity contribution in [1.29, 1.82) is 0 Å². The van der Waals surface area contributed by atoms with Crippen molar-refractivity contribution in [2.24, 2.45) is 0 Å². The molecule has 1 aromatic carbocycles. The van der Waals surface area contributed by atoms with Gasteiger partial charge in [0.1, 0.15) is 6.54 Å². The van der Waals surface area contributed by atoms with Crippen LogP contribution in [-0.4, -0.2) is 50.2 Å². The predicted molar refractivity (Wildman–Crippen MR) is 81.7 cm³/mol. The first-order chi connectivity index (χ1) is 11.1. The smallest absolute Gasteiger partial charge is 0.325 e. The molecule has 23 heavy (non-hydrogen) atoms. The summed E-state index contributed by atoms with van der Waals surface area (Å²) in [5.41, 5.74) is 0.453. The molecule has 1 fully saturated rings. The molecule has 2 amide bonds. The van der Waals surface area contributed by atoms with E-state index in [9.17, 15) is 14.4 Å². The highest BCUT2D eigenvalue weighted by molar-refractivity contribution is 5.96. The van der Waals surface area contributed by atoms with Gasteiger partial charge < -0.3 is 20.1 Å². The maximum absolute atomic E-state index is 11.7. The Morgan fingerprint density at radius 3 is 2.65 bits per heavy atom. The van der Waals surface area contributed by atoms with Gasteiger partial charge in [0.2, 0.25) is 0 Å². The van der Waals surface area contributed by atoms with E-state index in [-0.39, 0.29) is 31.1 Å². The molecular formula is C16H20N2O5. The van der Waals surface area contributed by atoms with E-state index in [1.54, 1.807) is 30.3 Å². The summed E-state index contributed by atoms with van der Waals surface area (Å²) in [6.07, 6.45) is 1.96. The van der Waals surface area contributed by atoms with Gasteiger partial charge in [-0.1, -0.05) is 18.2 Å². The van der Waals surface area contributed by atoms with Crippen molar-refractivity contribution in [3.05, 3.63) is 35.9 Å². The third-order valence-corrected chi connectivity index (χ3v) is 3.34. The second-order valence-corrected chi connectivity index (χ2v) is 5.15. The van der Waals surface area contributed by atoms with Crippen LogP contribution in [0.5, 0.6) is 0 Å². The minimum absolute atomic E-state index is 0.0415. The summed E-state index contributed by atoms with van der Waals surface area (Å²) in [4.78, 5) is 34.8. The van der Waals surface area contributed by atoms with Gasteiger partial charge in [0.25, 0.3) is 11.8 Å². The number of hydrogen-bond acceptors (Lipinski definition) is 5. The number of nitrogens with one attached hydrogen (secondary N) is 2. The van der Waals surface area contributed by atoms with Crippen LogP contribution in [0.15, 0.2) is 30.3 Å². The van der Waals surface area contributed by atoms with Crippen molar-refractivity contribution in [3.8, 4) is 0 Å². The Kier molecular flexibility index (Phi) is 6.56. The van der Waals surface area contributed by atoms with Gasteiger partial charge >= 0.3 is 5.97 Å². The molecule has 0 saturated carbocycles. The molecule has 1 aliphatic heterocycles. The maximum atomic E-state index is 11.7. The van der Waals surface area contributed by atoms with Crippen molar-refractivity contribution in [2.75, 3.05) is 26.3 Å². The molecule has 2 rings (SSSR count). The number of hydrogen-bond donors (Lipinski definition) is 2. The lowest BCUT2D eigenvalue weighted by atomic mass is 10.2. The highest BCUT2D eigenvalue weighted by Gasteiger charge is 2.16. The second kappa shape index (κ2) is 8.89. The minimum Gasteiger partial charge on any atom is -0.454 e. The Bertz CT molecular complexity index is 541. The molecule has 1 aliphatic rings. The van der Waals surface area contributed by atoms with Crippen LogP contribution in [0.25, 0.3) is 0 Å². The standard InChI is InChI=1S/C16H20N2O5/c19-14(17-9-13-7-4-8-22-13)11-23-15(20)10-18-16(21)12-5-2-1-3-6-12/h1-3,5-6,13H,4,7-11H2,(H,17,19)(H,18,21)/t13-/m1/s1. The van der Waals surface area contributed by atoms with Crippen molar-refractivity contribution in [3.63, 3.8) is 0 Å². The van der Waals surface area contributed by atoms with Gasteiger partial charge in [0.15, 0.2) is 6.61 Å². The monoisotopic (exact) mass is 320 g/mol. The molecule has 7 heteroatoms. The molecule has 1 heterocycles. The van der Waals surface area contributed by atoms with Gasteiger partial charge in [-0.3, -0.25) is 14.4 Å². The Labute approximate surface area is 134 Å². The van der Waals surface area contributed by atoms with Gasteiger partial charge in [0.05, 0.1) is 6.10 Å². The van der Waals surface area contributed by atoms with E-state index in [1.165, 1.54) is 0 Å². The van der Waals surface area contributed by atoms with Crippen LogP contribution >= 0.6 is 0 Å². The van der Waals surface area contributed by atoms with Crippen LogP contribution in [0.4, 0.5) is 0 Å². The molecule has 7 nitrogen and oxygen atoms in total. The molecule has 0 spiro atoms. The zero-order valence-corrected chi connectivity index (χ0v) is 12.7. The second-order valence-electron chi connectivity index (χ2n) is 5.15. The Morgan fingerprint density at radius 1 is 1.17 bits per heavy atom. The first-order valence-corrected chi connectivity index (χ1v) is 7.52. The molecular weight excluding hydrogens is 300 g/mol.